The molecule has 0 bridgehead atoms. The molecule has 6 heteroatoms. The molecule has 0 saturated carbocycles. The minimum absolute atomic E-state index is 0.150. The summed E-state index contributed by atoms with van der Waals surface area (Å²) in [5.41, 5.74) is 0.754. The highest BCUT2D eigenvalue weighted by Gasteiger charge is 2.09. The maximum atomic E-state index is 11.0. The van der Waals surface area contributed by atoms with E-state index in [0.717, 1.165) is 5.69 Å². The summed E-state index contributed by atoms with van der Waals surface area (Å²) in [6.07, 6.45) is 1.38. The molecular weight excluding hydrogens is 264 g/mol. The number of ether oxygens (including phenoxy) is 2. The zero-order chi connectivity index (χ0) is 11.3. The van der Waals surface area contributed by atoms with Crippen molar-refractivity contribution in [3.63, 3.8) is 0 Å². The van der Waals surface area contributed by atoms with E-state index in [4.69, 9.17) is 9.47 Å². The molecule has 0 unspecified atom stereocenters. The lowest BCUT2D eigenvalue weighted by molar-refractivity contribution is -0.145. The third-order valence-electron chi connectivity index (χ3n) is 1.56. The molecule has 0 saturated heterocycles. The molecule has 0 atom stereocenters. The van der Waals surface area contributed by atoms with Crippen molar-refractivity contribution in [3.05, 3.63) is 16.5 Å². The quantitative estimate of drug-likeness (QED) is 0.779. The number of aromatic nitrogens is 2. The third-order valence-corrected chi connectivity index (χ3v) is 2.48. The predicted octanol–water partition coefficient (Wildman–Crippen LogP) is 1.49. The van der Waals surface area contributed by atoms with E-state index in [9.17, 15) is 4.79 Å². The highest BCUT2D eigenvalue weighted by atomic mass is 79.9. The van der Waals surface area contributed by atoms with Gasteiger partial charge in [-0.25, -0.2) is 14.8 Å². The zero-order valence-electron chi connectivity index (χ0n) is 8.49. The van der Waals surface area contributed by atoms with Crippen LogP contribution in [-0.2, 0) is 9.53 Å². The Labute approximate surface area is 96.0 Å². The van der Waals surface area contributed by atoms with Gasteiger partial charge >= 0.3 is 5.97 Å². The molecule has 5 nitrogen and oxygen atoms in total. The minimum atomic E-state index is -0.416. The van der Waals surface area contributed by atoms with Crippen LogP contribution in [0.3, 0.4) is 0 Å². The molecule has 0 aliphatic carbocycles. The Hall–Kier alpha value is -1.17. The van der Waals surface area contributed by atoms with Gasteiger partial charge in [0, 0.05) is 0 Å². The molecule has 0 radical (unpaired) electrons. The van der Waals surface area contributed by atoms with Crippen LogP contribution in [0.1, 0.15) is 12.6 Å². The van der Waals surface area contributed by atoms with Gasteiger partial charge in [0.05, 0.1) is 12.3 Å². The van der Waals surface area contributed by atoms with Crippen molar-refractivity contribution in [2.24, 2.45) is 0 Å². The van der Waals surface area contributed by atoms with Gasteiger partial charge in [0.25, 0.3) is 0 Å². The standard InChI is InChI=1S/C9H11BrN2O3/c1-3-14-7(13)4-15-9-8(10)6(2)11-5-12-9/h5H,3-4H2,1-2H3. The number of carbonyl (C=O) groups excluding carboxylic acids is 1. The van der Waals surface area contributed by atoms with E-state index in [1.165, 1.54) is 6.33 Å². The third kappa shape index (κ3) is 3.47. The number of rotatable bonds is 4. The van der Waals surface area contributed by atoms with Crippen LogP contribution in [0.5, 0.6) is 5.88 Å². The lowest BCUT2D eigenvalue weighted by Gasteiger charge is -2.06. The summed E-state index contributed by atoms with van der Waals surface area (Å²) in [7, 11) is 0. The molecule has 0 aliphatic rings. The molecule has 1 aromatic rings. The van der Waals surface area contributed by atoms with Crippen LogP contribution in [0.4, 0.5) is 0 Å². The summed E-state index contributed by atoms with van der Waals surface area (Å²) in [5, 5.41) is 0. The lowest BCUT2D eigenvalue weighted by Crippen LogP contribution is -2.15. The number of aryl methyl sites for hydroxylation is 1. The van der Waals surface area contributed by atoms with E-state index in [1.54, 1.807) is 6.92 Å². The number of esters is 1. The fourth-order valence-corrected chi connectivity index (χ4v) is 1.19. The maximum absolute atomic E-state index is 11.0. The van der Waals surface area contributed by atoms with Crippen molar-refractivity contribution < 1.29 is 14.3 Å². The molecule has 15 heavy (non-hydrogen) atoms. The van der Waals surface area contributed by atoms with Gasteiger partial charge in [-0.05, 0) is 29.8 Å². The molecule has 0 fully saturated rings. The second kappa shape index (κ2) is 5.65. The maximum Gasteiger partial charge on any atom is 0.344 e. The van der Waals surface area contributed by atoms with Gasteiger partial charge in [-0.1, -0.05) is 0 Å². The van der Waals surface area contributed by atoms with Gasteiger partial charge < -0.3 is 9.47 Å². The summed E-state index contributed by atoms with van der Waals surface area (Å²) < 4.78 is 10.5. The largest absolute Gasteiger partial charge is 0.465 e. The van der Waals surface area contributed by atoms with Gasteiger partial charge in [-0.2, -0.15) is 0 Å². The molecule has 0 spiro atoms. The van der Waals surface area contributed by atoms with Crippen molar-refractivity contribution in [1.82, 2.24) is 9.97 Å². The van der Waals surface area contributed by atoms with E-state index in [2.05, 4.69) is 25.9 Å². The van der Waals surface area contributed by atoms with E-state index < -0.39 is 5.97 Å². The van der Waals surface area contributed by atoms with Crippen LogP contribution in [-0.4, -0.2) is 29.2 Å². The average Bonchev–Trinajstić information content (AvgIpc) is 2.21. The summed E-state index contributed by atoms with van der Waals surface area (Å²) in [5.74, 6) is -0.0729. The van der Waals surface area contributed by atoms with Crippen molar-refractivity contribution in [1.29, 1.82) is 0 Å². The van der Waals surface area contributed by atoms with E-state index >= 15 is 0 Å². The summed E-state index contributed by atoms with van der Waals surface area (Å²) in [4.78, 5) is 18.8. The van der Waals surface area contributed by atoms with Crippen LogP contribution in [0.25, 0.3) is 0 Å². The van der Waals surface area contributed by atoms with Crippen LogP contribution < -0.4 is 4.74 Å². The van der Waals surface area contributed by atoms with E-state index in [1.807, 2.05) is 6.92 Å². The Kier molecular flexibility index (Phi) is 4.48. The van der Waals surface area contributed by atoms with Crippen LogP contribution in [0.15, 0.2) is 10.8 Å². The van der Waals surface area contributed by atoms with Crippen molar-refractivity contribution in [2.45, 2.75) is 13.8 Å². The minimum Gasteiger partial charge on any atom is -0.465 e. The van der Waals surface area contributed by atoms with Crippen molar-refractivity contribution >= 4 is 21.9 Å². The molecule has 1 aromatic heterocycles. The average molecular weight is 275 g/mol. The number of hydrogen-bond acceptors (Lipinski definition) is 5. The van der Waals surface area contributed by atoms with E-state index in [-0.39, 0.29) is 6.61 Å². The van der Waals surface area contributed by atoms with Gasteiger partial charge in [-0.15, -0.1) is 0 Å². The van der Waals surface area contributed by atoms with Gasteiger partial charge in [-0.3, -0.25) is 0 Å². The van der Waals surface area contributed by atoms with Crippen molar-refractivity contribution in [2.75, 3.05) is 13.2 Å². The molecule has 1 heterocycles. The highest BCUT2D eigenvalue weighted by molar-refractivity contribution is 9.10. The predicted molar refractivity (Wildman–Crippen MR) is 56.6 cm³/mol. The molecule has 0 aromatic carbocycles. The van der Waals surface area contributed by atoms with Crippen molar-refractivity contribution in [3.8, 4) is 5.88 Å². The Balaban J connectivity index is 2.58. The van der Waals surface area contributed by atoms with Gasteiger partial charge in [0.1, 0.15) is 10.8 Å². The summed E-state index contributed by atoms with van der Waals surface area (Å²) in [6, 6.07) is 0. The molecule has 0 N–H and O–H groups in total. The molecule has 0 aliphatic heterocycles. The number of carbonyl (C=O) groups is 1. The fraction of sp³-hybridized carbons (Fsp3) is 0.444. The SMILES string of the molecule is CCOC(=O)COc1ncnc(C)c1Br. The smallest absolute Gasteiger partial charge is 0.344 e. The Morgan fingerprint density at radius 1 is 1.53 bits per heavy atom. The Bertz CT molecular complexity index is 357. The molecular formula is C9H11BrN2O3. The first-order valence-corrected chi connectivity index (χ1v) is 5.20. The molecule has 0 amide bonds. The monoisotopic (exact) mass is 274 g/mol. The van der Waals surface area contributed by atoms with Crippen LogP contribution in [0.2, 0.25) is 0 Å². The normalized spacial score (nSPS) is 9.80. The zero-order valence-corrected chi connectivity index (χ0v) is 10.1. The van der Waals surface area contributed by atoms with Crippen LogP contribution >= 0.6 is 15.9 Å². The van der Waals surface area contributed by atoms with Gasteiger partial charge in [0.2, 0.25) is 5.88 Å². The lowest BCUT2D eigenvalue weighted by atomic mass is 10.4. The number of nitrogens with zero attached hydrogens (tertiary/aromatic N) is 2. The number of halogens is 1. The summed E-state index contributed by atoms with van der Waals surface area (Å²) in [6.45, 7) is 3.74. The summed E-state index contributed by atoms with van der Waals surface area (Å²) >= 11 is 3.27. The first-order valence-electron chi connectivity index (χ1n) is 4.40. The fourth-order valence-electron chi connectivity index (χ4n) is 0.867. The first kappa shape index (κ1) is 11.9. The Morgan fingerprint density at radius 3 is 2.93 bits per heavy atom. The highest BCUT2D eigenvalue weighted by Crippen LogP contribution is 2.23. The van der Waals surface area contributed by atoms with E-state index in [0.29, 0.717) is 17.0 Å². The topological polar surface area (TPSA) is 61.3 Å². The first-order chi connectivity index (χ1) is 7.15. The van der Waals surface area contributed by atoms with Gasteiger partial charge in [0.15, 0.2) is 6.61 Å². The molecule has 1 rings (SSSR count). The molecule has 82 valence electrons. The second-order valence-electron chi connectivity index (χ2n) is 2.67. The second-order valence-corrected chi connectivity index (χ2v) is 3.46. The Morgan fingerprint density at radius 2 is 2.27 bits per heavy atom. The van der Waals surface area contributed by atoms with Crippen LogP contribution in [0, 0.1) is 6.92 Å². The number of hydrogen-bond donors (Lipinski definition) is 0.